The largest absolute Gasteiger partial charge is 0.376 e. The summed E-state index contributed by atoms with van der Waals surface area (Å²) in [6.45, 7) is 10.1. The molecule has 0 radical (unpaired) electrons. The lowest BCUT2D eigenvalue weighted by molar-refractivity contribution is 0.0907. The molecule has 1 unspecified atom stereocenters. The topological polar surface area (TPSA) is 67.6 Å². The predicted molar refractivity (Wildman–Crippen MR) is 127 cm³/mol. The third-order valence-electron chi connectivity index (χ3n) is 5.00. The molecular formula is C21H33IN6O. The summed E-state index contributed by atoms with van der Waals surface area (Å²) < 4.78 is 8.02. The summed E-state index contributed by atoms with van der Waals surface area (Å²) in [5.74, 6) is 2.56. The van der Waals surface area contributed by atoms with Gasteiger partial charge in [0.1, 0.15) is 12.2 Å². The highest BCUT2D eigenvalue weighted by Crippen LogP contribution is 2.17. The number of aromatic nitrogens is 3. The molecule has 1 atom stereocenters. The number of rotatable bonds is 9. The lowest BCUT2D eigenvalue weighted by atomic mass is 10.1. The first-order chi connectivity index (χ1) is 13.8. The van der Waals surface area contributed by atoms with Gasteiger partial charge in [0.25, 0.3) is 0 Å². The number of aliphatic imine (C=N–C) groups is 1. The van der Waals surface area contributed by atoms with E-state index >= 15 is 0 Å². The number of guanidine groups is 1. The Bertz CT molecular complexity index is 736. The van der Waals surface area contributed by atoms with Gasteiger partial charge in [0, 0.05) is 38.5 Å². The van der Waals surface area contributed by atoms with Crippen LogP contribution in [0.4, 0.5) is 0 Å². The number of likely N-dealkylation sites (tertiary alicyclic amines) is 1. The lowest BCUT2D eigenvalue weighted by Gasteiger charge is -2.21. The molecule has 0 saturated carbocycles. The molecule has 3 rings (SSSR count). The van der Waals surface area contributed by atoms with Crippen molar-refractivity contribution in [2.75, 3.05) is 32.8 Å². The second-order valence-electron chi connectivity index (χ2n) is 7.13. The fourth-order valence-corrected chi connectivity index (χ4v) is 3.51. The number of aryl methyl sites for hydroxylation is 1. The van der Waals surface area contributed by atoms with Gasteiger partial charge < -0.3 is 19.5 Å². The number of halogens is 1. The van der Waals surface area contributed by atoms with Gasteiger partial charge >= 0.3 is 0 Å². The van der Waals surface area contributed by atoms with Crippen molar-refractivity contribution >= 4 is 29.9 Å². The predicted octanol–water partition coefficient (Wildman–Crippen LogP) is 2.96. The average Bonchev–Trinajstić information content (AvgIpc) is 3.37. The first kappa shape index (κ1) is 23.6. The number of benzene rings is 1. The van der Waals surface area contributed by atoms with Crippen LogP contribution in [0.2, 0.25) is 0 Å². The molecule has 1 aliphatic heterocycles. The smallest absolute Gasteiger partial charge is 0.193 e. The van der Waals surface area contributed by atoms with E-state index < -0.39 is 0 Å². The van der Waals surface area contributed by atoms with Gasteiger partial charge in [-0.05, 0) is 18.9 Å². The maximum atomic E-state index is 5.94. The van der Waals surface area contributed by atoms with Gasteiger partial charge in [-0.3, -0.25) is 4.99 Å². The Hall–Kier alpha value is -1.68. The summed E-state index contributed by atoms with van der Waals surface area (Å²) >= 11 is 0. The van der Waals surface area contributed by atoms with E-state index in [4.69, 9.17) is 9.73 Å². The van der Waals surface area contributed by atoms with Gasteiger partial charge in [0.15, 0.2) is 5.96 Å². The average molecular weight is 512 g/mol. The molecule has 1 aromatic carbocycles. The number of nitrogens with zero attached hydrogens (tertiary/aromatic N) is 5. The molecule has 7 nitrogen and oxygen atoms in total. The first-order valence-electron chi connectivity index (χ1n) is 10.3. The van der Waals surface area contributed by atoms with Crippen molar-refractivity contribution in [2.45, 2.75) is 39.8 Å². The molecule has 160 valence electrons. The van der Waals surface area contributed by atoms with Crippen LogP contribution < -0.4 is 5.32 Å². The standard InChI is InChI=1S/C21H32N6O.HI/c1-3-20-25-24-17-27(20)13-11-23-21(22-4-2)26-12-10-19(14-26)16-28-15-18-8-6-5-7-9-18;/h5-9,17,19H,3-4,10-16H2,1-2H3,(H,22,23);1H. The van der Waals surface area contributed by atoms with Crippen LogP contribution >= 0.6 is 24.0 Å². The van der Waals surface area contributed by atoms with Crippen LogP contribution in [0.25, 0.3) is 0 Å². The fourth-order valence-electron chi connectivity index (χ4n) is 3.51. The number of ether oxygens (including phenoxy) is 1. The summed E-state index contributed by atoms with van der Waals surface area (Å²) in [5, 5.41) is 11.6. The molecule has 0 spiro atoms. The highest BCUT2D eigenvalue weighted by molar-refractivity contribution is 14.0. The SMILES string of the molecule is CCNC(=NCCn1cnnc1CC)N1CCC(COCc2ccccc2)C1.I. The second-order valence-corrected chi connectivity index (χ2v) is 7.13. The molecule has 2 heterocycles. The van der Waals surface area contributed by atoms with Crippen LogP contribution in [0.1, 0.15) is 31.7 Å². The molecule has 1 aliphatic rings. The summed E-state index contributed by atoms with van der Waals surface area (Å²) in [5.41, 5.74) is 1.23. The highest BCUT2D eigenvalue weighted by Gasteiger charge is 2.25. The van der Waals surface area contributed by atoms with Crippen molar-refractivity contribution < 1.29 is 4.74 Å². The van der Waals surface area contributed by atoms with E-state index in [1.807, 2.05) is 6.07 Å². The third-order valence-corrected chi connectivity index (χ3v) is 5.00. The second kappa shape index (κ2) is 12.8. The Morgan fingerprint density at radius 2 is 2.10 bits per heavy atom. The zero-order valence-electron chi connectivity index (χ0n) is 17.5. The maximum Gasteiger partial charge on any atom is 0.193 e. The monoisotopic (exact) mass is 512 g/mol. The van der Waals surface area contributed by atoms with E-state index in [0.717, 1.165) is 64.0 Å². The first-order valence-corrected chi connectivity index (χ1v) is 10.3. The Labute approximate surface area is 191 Å². The molecule has 1 fully saturated rings. The summed E-state index contributed by atoms with van der Waals surface area (Å²) in [7, 11) is 0. The summed E-state index contributed by atoms with van der Waals surface area (Å²) in [6, 6.07) is 10.4. The van der Waals surface area contributed by atoms with Crippen LogP contribution in [0, 0.1) is 5.92 Å². The van der Waals surface area contributed by atoms with E-state index in [1.165, 1.54) is 5.56 Å². The maximum absolute atomic E-state index is 5.94. The summed E-state index contributed by atoms with van der Waals surface area (Å²) in [4.78, 5) is 7.18. The van der Waals surface area contributed by atoms with Gasteiger partial charge in [-0.15, -0.1) is 34.2 Å². The van der Waals surface area contributed by atoms with Crippen molar-refractivity contribution in [3.63, 3.8) is 0 Å². The highest BCUT2D eigenvalue weighted by atomic mass is 127. The molecular weight excluding hydrogens is 479 g/mol. The Kier molecular flexibility index (Phi) is 10.4. The van der Waals surface area contributed by atoms with Gasteiger partial charge in [0.05, 0.1) is 19.8 Å². The van der Waals surface area contributed by atoms with E-state index in [1.54, 1.807) is 6.33 Å². The third kappa shape index (κ3) is 7.26. The molecule has 1 N–H and O–H groups in total. The molecule has 8 heteroatoms. The van der Waals surface area contributed by atoms with Crippen molar-refractivity contribution in [2.24, 2.45) is 10.9 Å². The Morgan fingerprint density at radius 1 is 1.28 bits per heavy atom. The number of nitrogens with one attached hydrogen (secondary N) is 1. The van der Waals surface area contributed by atoms with E-state index in [0.29, 0.717) is 12.5 Å². The molecule has 0 bridgehead atoms. The zero-order valence-corrected chi connectivity index (χ0v) is 19.8. The normalized spacial score (nSPS) is 16.7. The van der Waals surface area contributed by atoms with Crippen molar-refractivity contribution in [3.05, 3.63) is 48.0 Å². The number of hydrogen-bond acceptors (Lipinski definition) is 4. The van der Waals surface area contributed by atoms with Crippen molar-refractivity contribution in [3.8, 4) is 0 Å². The van der Waals surface area contributed by atoms with Gasteiger partial charge in [-0.25, -0.2) is 0 Å². The van der Waals surface area contributed by atoms with Crippen molar-refractivity contribution in [1.29, 1.82) is 0 Å². The fraction of sp³-hybridized carbons (Fsp3) is 0.571. The lowest BCUT2D eigenvalue weighted by Crippen LogP contribution is -2.40. The van der Waals surface area contributed by atoms with E-state index in [-0.39, 0.29) is 24.0 Å². The summed E-state index contributed by atoms with van der Waals surface area (Å²) in [6.07, 6.45) is 3.82. The minimum atomic E-state index is 0. The van der Waals surface area contributed by atoms with E-state index in [9.17, 15) is 0 Å². The quantitative estimate of drug-likeness (QED) is 0.318. The Morgan fingerprint density at radius 3 is 2.86 bits per heavy atom. The molecule has 1 aromatic heterocycles. The van der Waals surface area contributed by atoms with Crippen LogP contribution in [0.15, 0.2) is 41.7 Å². The minimum Gasteiger partial charge on any atom is -0.376 e. The van der Waals surface area contributed by atoms with Gasteiger partial charge in [-0.2, -0.15) is 0 Å². The molecule has 0 aliphatic carbocycles. The van der Waals surface area contributed by atoms with Crippen LogP contribution in [0.3, 0.4) is 0 Å². The molecule has 29 heavy (non-hydrogen) atoms. The van der Waals surface area contributed by atoms with Crippen molar-refractivity contribution in [1.82, 2.24) is 25.0 Å². The molecule has 2 aromatic rings. The molecule has 0 amide bonds. The van der Waals surface area contributed by atoms with E-state index in [2.05, 4.69) is 63.1 Å². The Balaban J connectivity index is 0.00000300. The zero-order chi connectivity index (χ0) is 19.6. The molecule has 1 saturated heterocycles. The number of hydrogen-bond donors (Lipinski definition) is 1. The van der Waals surface area contributed by atoms with Gasteiger partial charge in [-0.1, -0.05) is 37.3 Å². The van der Waals surface area contributed by atoms with Crippen LogP contribution in [-0.2, 0) is 24.3 Å². The van der Waals surface area contributed by atoms with Crippen LogP contribution in [-0.4, -0.2) is 58.4 Å². The van der Waals surface area contributed by atoms with Gasteiger partial charge in [0.2, 0.25) is 0 Å². The van der Waals surface area contributed by atoms with Crippen LogP contribution in [0.5, 0.6) is 0 Å². The minimum absolute atomic E-state index is 0.